The third-order valence-electron chi connectivity index (χ3n) is 7.79. The molecule has 0 radical (unpaired) electrons. The van der Waals surface area contributed by atoms with E-state index < -0.39 is 0 Å². The molecule has 5 rings (SSSR count). The predicted octanol–water partition coefficient (Wildman–Crippen LogP) is 5.59. The Morgan fingerprint density at radius 1 is 0.933 bits per heavy atom. The maximum atomic E-state index is 13.1. The molecule has 30 heavy (non-hydrogen) atoms. The molecule has 0 heterocycles. The highest BCUT2D eigenvalue weighted by Gasteiger charge is 2.54. The van der Waals surface area contributed by atoms with Crippen molar-refractivity contribution in [2.24, 2.45) is 23.2 Å². The van der Waals surface area contributed by atoms with Gasteiger partial charge in [0.15, 0.2) is 0 Å². The van der Waals surface area contributed by atoms with E-state index in [4.69, 9.17) is 0 Å². The van der Waals surface area contributed by atoms with E-state index >= 15 is 0 Å². The summed E-state index contributed by atoms with van der Waals surface area (Å²) in [4.78, 5) is 25.8. The lowest BCUT2D eigenvalue weighted by atomic mass is 9.49. The number of para-hydroxylation sites is 1. The van der Waals surface area contributed by atoms with Gasteiger partial charge in [0.1, 0.15) is 0 Å². The number of benzene rings is 1. The van der Waals surface area contributed by atoms with Gasteiger partial charge in [-0.15, -0.1) is 0 Å². The summed E-state index contributed by atoms with van der Waals surface area (Å²) < 4.78 is 0. The number of amides is 2. The third-order valence-corrected chi connectivity index (χ3v) is 7.79. The number of carbonyl (C=O) groups is 2. The molecule has 2 amide bonds. The molecule has 4 heteroatoms. The first-order chi connectivity index (χ1) is 14.3. The Kier molecular flexibility index (Phi) is 5.96. The van der Waals surface area contributed by atoms with Crippen LogP contribution in [0.2, 0.25) is 0 Å². The molecule has 4 fully saturated rings. The van der Waals surface area contributed by atoms with Crippen LogP contribution in [0.5, 0.6) is 0 Å². The number of nitrogens with one attached hydrogen (secondary N) is 2. The second-order valence-electron chi connectivity index (χ2n) is 10.9. The summed E-state index contributed by atoms with van der Waals surface area (Å²) >= 11 is 0. The Hall–Kier alpha value is -1.84. The van der Waals surface area contributed by atoms with E-state index in [1.807, 2.05) is 0 Å². The monoisotopic (exact) mass is 410 g/mol. The fourth-order valence-electron chi connectivity index (χ4n) is 6.76. The summed E-state index contributed by atoms with van der Waals surface area (Å²) in [5, 5.41) is 6.29. The van der Waals surface area contributed by atoms with Crippen LogP contribution >= 0.6 is 0 Å². The van der Waals surface area contributed by atoms with Crippen LogP contribution in [0.1, 0.15) is 95.6 Å². The predicted molar refractivity (Wildman–Crippen MR) is 121 cm³/mol. The van der Waals surface area contributed by atoms with E-state index in [2.05, 4.69) is 56.5 Å². The van der Waals surface area contributed by atoms with E-state index in [-0.39, 0.29) is 17.2 Å². The van der Waals surface area contributed by atoms with Gasteiger partial charge in [0, 0.05) is 24.1 Å². The average molecular weight is 411 g/mol. The fraction of sp³-hybridized carbons (Fsp3) is 0.692. The second-order valence-corrected chi connectivity index (χ2v) is 10.9. The summed E-state index contributed by atoms with van der Waals surface area (Å²) in [6.07, 6.45) is 7.53. The lowest BCUT2D eigenvalue weighted by molar-refractivity contribution is -0.146. The molecular formula is C26H38N2O2. The zero-order chi connectivity index (χ0) is 21.5. The highest BCUT2D eigenvalue weighted by molar-refractivity contribution is 5.93. The molecule has 4 aliphatic rings. The van der Waals surface area contributed by atoms with E-state index in [1.54, 1.807) is 0 Å². The van der Waals surface area contributed by atoms with Crippen molar-refractivity contribution in [2.75, 3.05) is 11.9 Å². The van der Waals surface area contributed by atoms with Crippen molar-refractivity contribution in [3.63, 3.8) is 0 Å². The molecule has 4 saturated carbocycles. The van der Waals surface area contributed by atoms with E-state index in [0.717, 1.165) is 42.7 Å². The molecule has 4 bridgehead atoms. The molecule has 0 spiro atoms. The Balaban J connectivity index is 1.34. The smallest absolute Gasteiger partial charge is 0.226 e. The number of hydrogen-bond acceptors (Lipinski definition) is 2. The van der Waals surface area contributed by atoms with E-state index in [0.29, 0.717) is 24.8 Å². The Morgan fingerprint density at radius 3 is 1.90 bits per heavy atom. The molecule has 0 aliphatic heterocycles. The summed E-state index contributed by atoms with van der Waals surface area (Å²) in [6.45, 7) is 9.04. The first kappa shape index (κ1) is 21.4. The van der Waals surface area contributed by atoms with Gasteiger partial charge in [-0.05, 0) is 79.2 Å². The highest BCUT2D eigenvalue weighted by Crippen LogP contribution is 2.60. The van der Waals surface area contributed by atoms with Crippen LogP contribution < -0.4 is 10.6 Å². The quantitative estimate of drug-likeness (QED) is 0.615. The number of hydrogen-bond donors (Lipinski definition) is 2. The second kappa shape index (κ2) is 8.36. The van der Waals surface area contributed by atoms with Gasteiger partial charge in [0.2, 0.25) is 11.8 Å². The van der Waals surface area contributed by atoms with Crippen LogP contribution in [-0.4, -0.2) is 18.4 Å². The molecule has 4 nitrogen and oxygen atoms in total. The van der Waals surface area contributed by atoms with Gasteiger partial charge in [0.05, 0.1) is 0 Å². The van der Waals surface area contributed by atoms with Crippen LogP contribution in [0, 0.1) is 23.2 Å². The minimum Gasteiger partial charge on any atom is -0.355 e. The number of anilines is 1. The summed E-state index contributed by atoms with van der Waals surface area (Å²) in [7, 11) is 0. The third kappa shape index (κ3) is 4.15. The summed E-state index contributed by atoms with van der Waals surface area (Å²) in [5.41, 5.74) is 3.17. The minimum absolute atomic E-state index is 0.0178. The topological polar surface area (TPSA) is 58.2 Å². The first-order valence-corrected chi connectivity index (χ1v) is 12.0. The molecule has 0 atom stereocenters. The largest absolute Gasteiger partial charge is 0.355 e. The zero-order valence-corrected chi connectivity index (χ0v) is 19.1. The van der Waals surface area contributed by atoms with Gasteiger partial charge in [-0.2, -0.15) is 0 Å². The Labute approximate surface area is 181 Å². The van der Waals surface area contributed by atoms with Gasteiger partial charge in [-0.3, -0.25) is 9.59 Å². The van der Waals surface area contributed by atoms with Gasteiger partial charge >= 0.3 is 0 Å². The molecular weight excluding hydrogens is 372 g/mol. The average Bonchev–Trinajstić information content (AvgIpc) is 2.66. The SMILES string of the molecule is CC(C)c1cccc(C(C)C)c1NC(=O)CCNC(=O)C12CC3CC(CC(C3)C1)C2. The molecule has 164 valence electrons. The Morgan fingerprint density at radius 2 is 1.43 bits per heavy atom. The molecule has 0 aromatic heterocycles. The van der Waals surface area contributed by atoms with E-state index in [1.165, 1.54) is 30.4 Å². The minimum atomic E-state index is -0.139. The van der Waals surface area contributed by atoms with Crippen LogP contribution in [0.15, 0.2) is 18.2 Å². The molecule has 0 saturated heterocycles. The van der Waals surface area contributed by atoms with Gasteiger partial charge < -0.3 is 10.6 Å². The molecule has 1 aromatic rings. The van der Waals surface area contributed by atoms with Gasteiger partial charge in [-0.1, -0.05) is 45.9 Å². The highest BCUT2D eigenvalue weighted by atomic mass is 16.2. The van der Waals surface area contributed by atoms with Crippen molar-refractivity contribution in [2.45, 2.75) is 84.5 Å². The van der Waals surface area contributed by atoms with Crippen molar-refractivity contribution in [3.05, 3.63) is 29.3 Å². The molecule has 4 aliphatic carbocycles. The summed E-state index contributed by atoms with van der Waals surface area (Å²) in [6, 6.07) is 6.27. The standard InChI is InChI=1S/C26H38N2O2/c1-16(2)21-6-5-7-22(17(3)4)24(21)28-23(29)8-9-27-25(30)26-13-18-10-19(14-26)12-20(11-18)15-26/h5-7,16-20H,8-15H2,1-4H3,(H,27,30)(H,28,29). The van der Waals surface area contributed by atoms with E-state index in [9.17, 15) is 9.59 Å². The Bertz CT molecular complexity index is 750. The molecule has 2 N–H and O–H groups in total. The maximum Gasteiger partial charge on any atom is 0.226 e. The van der Waals surface area contributed by atoms with Crippen molar-refractivity contribution in [1.82, 2.24) is 5.32 Å². The lowest BCUT2D eigenvalue weighted by Gasteiger charge is -2.55. The van der Waals surface area contributed by atoms with Crippen molar-refractivity contribution in [3.8, 4) is 0 Å². The lowest BCUT2D eigenvalue weighted by Crippen LogP contribution is -2.53. The fourth-order valence-corrected chi connectivity index (χ4v) is 6.76. The zero-order valence-electron chi connectivity index (χ0n) is 19.1. The number of rotatable bonds is 7. The first-order valence-electron chi connectivity index (χ1n) is 12.0. The summed E-state index contributed by atoms with van der Waals surface area (Å²) in [5.74, 6) is 3.15. The van der Waals surface area contributed by atoms with Crippen molar-refractivity contribution < 1.29 is 9.59 Å². The van der Waals surface area contributed by atoms with Crippen molar-refractivity contribution >= 4 is 17.5 Å². The molecule has 0 unspecified atom stereocenters. The van der Waals surface area contributed by atoms with Crippen LogP contribution in [-0.2, 0) is 9.59 Å². The normalized spacial score (nSPS) is 29.5. The van der Waals surface area contributed by atoms with Crippen LogP contribution in [0.3, 0.4) is 0 Å². The van der Waals surface area contributed by atoms with Crippen LogP contribution in [0.25, 0.3) is 0 Å². The van der Waals surface area contributed by atoms with Gasteiger partial charge in [0.25, 0.3) is 0 Å². The molecule has 1 aromatic carbocycles. The van der Waals surface area contributed by atoms with Gasteiger partial charge in [-0.25, -0.2) is 0 Å². The van der Waals surface area contributed by atoms with Crippen molar-refractivity contribution in [1.29, 1.82) is 0 Å². The number of carbonyl (C=O) groups excluding carboxylic acids is 2. The maximum absolute atomic E-state index is 13.1. The van der Waals surface area contributed by atoms with Crippen LogP contribution in [0.4, 0.5) is 5.69 Å².